The molecule has 3 heteroatoms. The maximum Gasteiger partial charge on any atom is 0.143 e. The Balaban J connectivity index is 2.22. The van der Waals surface area contributed by atoms with Crippen molar-refractivity contribution in [1.29, 1.82) is 0 Å². The molecule has 0 saturated carbocycles. The molecule has 2 aromatic rings. The van der Waals surface area contributed by atoms with Crippen LogP contribution >= 0.6 is 0 Å². The molecule has 0 fully saturated rings. The highest BCUT2D eigenvalue weighted by Gasteiger charge is 2.06. The molecule has 0 spiro atoms. The van der Waals surface area contributed by atoms with Crippen LogP contribution in [0.5, 0.6) is 11.5 Å². The van der Waals surface area contributed by atoms with E-state index in [0.29, 0.717) is 17.1 Å². The summed E-state index contributed by atoms with van der Waals surface area (Å²) >= 11 is 0. The van der Waals surface area contributed by atoms with E-state index in [1.807, 2.05) is 32.0 Å². The number of hydrogen-bond donors (Lipinski definition) is 1. The molecule has 108 valence electrons. The number of ether oxygens (including phenoxy) is 1. The fraction of sp³-hybridized carbons (Fsp3) is 0.222. The van der Waals surface area contributed by atoms with Crippen molar-refractivity contribution in [3.8, 4) is 23.3 Å². The van der Waals surface area contributed by atoms with Crippen LogP contribution < -0.4 is 4.74 Å². The molecule has 2 aromatic carbocycles. The van der Waals surface area contributed by atoms with Gasteiger partial charge in [0.15, 0.2) is 0 Å². The van der Waals surface area contributed by atoms with E-state index in [9.17, 15) is 9.50 Å². The molecule has 0 radical (unpaired) electrons. The molecule has 0 heterocycles. The van der Waals surface area contributed by atoms with Gasteiger partial charge in [0, 0.05) is 0 Å². The van der Waals surface area contributed by atoms with E-state index in [1.54, 1.807) is 18.2 Å². The fourth-order valence-electron chi connectivity index (χ4n) is 1.61. The number of benzene rings is 2. The highest BCUT2D eigenvalue weighted by Crippen LogP contribution is 2.24. The van der Waals surface area contributed by atoms with Crippen molar-refractivity contribution >= 4 is 0 Å². The van der Waals surface area contributed by atoms with Crippen LogP contribution in [-0.2, 0) is 0 Å². The standard InChI is InChI=1S/C18H17FO2/c1-13(2)17(20)12-7-14-5-3-4-6-18(14)21-16-10-8-15(19)9-11-16/h3-6,8-11,13,17,20H,1-2H3. The number of aliphatic hydroxyl groups excluding tert-OH is 1. The van der Waals surface area contributed by atoms with E-state index in [1.165, 1.54) is 12.1 Å². The van der Waals surface area contributed by atoms with Gasteiger partial charge in [-0.25, -0.2) is 4.39 Å². The van der Waals surface area contributed by atoms with E-state index >= 15 is 0 Å². The lowest BCUT2D eigenvalue weighted by atomic mass is 10.1. The van der Waals surface area contributed by atoms with Crippen LogP contribution in [0, 0.1) is 23.6 Å². The van der Waals surface area contributed by atoms with E-state index in [0.717, 1.165) is 0 Å². The summed E-state index contributed by atoms with van der Waals surface area (Å²) in [5.41, 5.74) is 0.682. The second-order valence-corrected chi connectivity index (χ2v) is 5.01. The summed E-state index contributed by atoms with van der Waals surface area (Å²) in [6.07, 6.45) is -0.677. The first-order valence-electron chi connectivity index (χ1n) is 6.78. The van der Waals surface area contributed by atoms with Crippen molar-refractivity contribution in [2.45, 2.75) is 20.0 Å². The minimum Gasteiger partial charge on any atom is -0.456 e. The smallest absolute Gasteiger partial charge is 0.143 e. The molecular formula is C18H17FO2. The molecule has 0 aromatic heterocycles. The van der Waals surface area contributed by atoms with E-state index in [2.05, 4.69) is 11.8 Å². The number of rotatable bonds is 3. The fourth-order valence-corrected chi connectivity index (χ4v) is 1.61. The summed E-state index contributed by atoms with van der Waals surface area (Å²) < 4.78 is 18.6. The normalized spacial score (nSPS) is 11.7. The number of para-hydroxylation sites is 1. The minimum absolute atomic E-state index is 0.0719. The Labute approximate surface area is 124 Å². The molecule has 2 rings (SSSR count). The van der Waals surface area contributed by atoms with Crippen LogP contribution in [0.1, 0.15) is 19.4 Å². The summed E-state index contributed by atoms with van der Waals surface area (Å²) in [4.78, 5) is 0. The van der Waals surface area contributed by atoms with Crippen LogP contribution in [0.25, 0.3) is 0 Å². The second-order valence-electron chi connectivity index (χ2n) is 5.01. The Morgan fingerprint density at radius 1 is 1.05 bits per heavy atom. The third kappa shape index (κ3) is 4.34. The Kier molecular flexibility index (Phi) is 4.97. The Bertz CT molecular complexity index is 651. The molecule has 21 heavy (non-hydrogen) atoms. The Hall–Kier alpha value is -2.31. The van der Waals surface area contributed by atoms with Gasteiger partial charge in [0.1, 0.15) is 23.4 Å². The predicted molar refractivity (Wildman–Crippen MR) is 80.6 cm³/mol. The second kappa shape index (κ2) is 6.92. The summed E-state index contributed by atoms with van der Waals surface area (Å²) in [6, 6.07) is 13.1. The number of aliphatic hydroxyl groups is 1. The molecule has 0 aliphatic carbocycles. The van der Waals surface area contributed by atoms with E-state index < -0.39 is 6.10 Å². The third-order valence-corrected chi connectivity index (χ3v) is 2.91. The molecule has 0 bridgehead atoms. The van der Waals surface area contributed by atoms with Gasteiger partial charge in [-0.15, -0.1) is 0 Å². The SMILES string of the molecule is CC(C)C(O)C#Cc1ccccc1Oc1ccc(F)cc1. The average Bonchev–Trinajstić information content (AvgIpc) is 2.48. The molecule has 1 N–H and O–H groups in total. The van der Waals surface area contributed by atoms with Crippen molar-refractivity contribution in [3.05, 3.63) is 59.9 Å². The van der Waals surface area contributed by atoms with Crippen LogP contribution in [0.4, 0.5) is 4.39 Å². The molecule has 0 saturated heterocycles. The molecule has 2 nitrogen and oxygen atoms in total. The third-order valence-electron chi connectivity index (χ3n) is 2.91. The molecule has 1 atom stereocenters. The van der Waals surface area contributed by atoms with Gasteiger partial charge in [-0.1, -0.05) is 37.8 Å². The van der Waals surface area contributed by atoms with E-state index in [-0.39, 0.29) is 11.7 Å². The first kappa shape index (κ1) is 15.1. The lowest BCUT2D eigenvalue weighted by Gasteiger charge is -2.08. The topological polar surface area (TPSA) is 29.5 Å². The minimum atomic E-state index is -0.677. The lowest BCUT2D eigenvalue weighted by Crippen LogP contribution is -2.11. The highest BCUT2D eigenvalue weighted by molar-refractivity contribution is 5.48. The molecule has 0 aliphatic rings. The van der Waals surface area contributed by atoms with Gasteiger partial charge in [0.2, 0.25) is 0 Å². The van der Waals surface area contributed by atoms with Gasteiger partial charge in [-0.3, -0.25) is 0 Å². The van der Waals surface area contributed by atoms with Gasteiger partial charge in [0.05, 0.1) is 5.56 Å². The van der Waals surface area contributed by atoms with Gasteiger partial charge < -0.3 is 9.84 Å². The maximum atomic E-state index is 12.9. The van der Waals surface area contributed by atoms with E-state index in [4.69, 9.17) is 4.74 Å². The van der Waals surface area contributed by atoms with Crippen molar-refractivity contribution in [1.82, 2.24) is 0 Å². The maximum absolute atomic E-state index is 12.9. The van der Waals surface area contributed by atoms with Crippen LogP contribution in [0.3, 0.4) is 0 Å². The van der Waals surface area contributed by atoms with Crippen LogP contribution in [0.15, 0.2) is 48.5 Å². The molecule has 1 unspecified atom stereocenters. The summed E-state index contributed by atoms with van der Waals surface area (Å²) in [7, 11) is 0. The Morgan fingerprint density at radius 2 is 1.71 bits per heavy atom. The first-order chi connectivity index (χ1) is 10.1. The average molecular weight is 284 g/mol. The number of hydrogen-bond acceptors (Lipinski definition) is 2. The number of halogens is 1. The zero-order valence-electron chi connectivity index (χ0n) is 12.0. The summed E-state index contributed by atoms with van der Waals surface area (Å²) in [6.45, 7) is 3.81. The van der Waals surface area contributed by atoms with Gasteiger partial charge in [0.25, 0.3) is 0 Å². The van der Waals surface area contributed by atoms with Crippen molar-refractivity contribution in [2.75, 3.05) is 0 Å². The first-order valence-corrected chi connectivity index (χ1v) is 6.78. The van der Waals surface area contributed by atoms with Gasteiger partial charge >= 0.3 is 0 Å². The Morgan fingerprint density at radius 3 is 2.38 bits per heavy atom. The zero-order valence-corrected chi connectivity index (χ0v) is 12.0. The zero-order chi connectivity index (χ0) is 15.2. The van der Waals surface area contributed by atoms with Gasteiger partial charge in [-0.2, -0.15) is 0 Å². The summed E-state index contributed by atoms with van der Waals surface area (Å²) in [5.74, 6) is 6.60. The van der Waals surface area contributed by atoms with Gasteiger partial charge in [-0.05, 0) is 42.3 Å². The van der Waals surface area contributed by atoms with Crippen molar-refractivity contribution in [2.24, 2.45) is 5.92 Å². The lowest BCUT2D eigenvalue weighted by molar-refractivity contribution is 0.181. The quantitative estimate of drug-likeness (QED) is 0.864. The summed E-state index contributed by atoms with van der Waals surface area (Å²) in [5, 5.41) is 9.74. The molecular weight excluding hydrogens is 267 g/mol. The molecule has 0 amide bonds. The monoisotopic (exact) mass is 284 g/mol. The van der Waals surface area contributed by atoms with Crippen molar-refractivity contribution < 1.29 is 14.2 Å². The van der Waals surface area contributed by atoms with Crippen molar-refractivity contribution in [3.63, 3.8) is 0 Å². The largest absolute Gasteiger partial charge is 0.456 e. The highest BCUT2D eigenvalue weighted by atomic mass is 19.1. The van der Waals surface area contributed by atoms with Crippen LogP contribution in [-0.4, -0.2) is 11.2 Å². The predicted octanol–water partition coefficient (Wildman–Crippen LogP) is 3.99. The van der Waals surface area contributed by atoms with Crippen LogP contribution in [0.2, 0.25) is 0 Å². The molecule has 0 aliphatic heterocycles.